The van der Waals surface area contributed by atoms with Crippen molar-refractivity contribution in [3.8, 4) is 0 Å². The molecule has 0 atom stereocenters. The second-order valence-electron chi connectivity index (χ2n) is 3.35. The largest absolute Gasteiger partial charge is 0.358 e. The number of nitro groups is 1. The molecule has 7 heteroatoms. The summed E-state index contributed by atoms with van der Waals surface area (Å²) >= 11 is 1.55. The number of hydrogen-bond donors (Lipinski definition) is 1. The van der Waals surface area contributed by atoms with Gasteiger partial charge in [0.15, 0.2) is 0 Å². The zero-order valence-corrected chi connectivity index (χ0v) is 9.90. The highest BCUT2D eigenvalue weighted by atomic mass is 32.1. The SMILES string of the molecule is Cc1cnc(CNc2ncccc2[N+](=O)[O-])s1. The van der Waals surface area contributed by atoms with E-state index in [0.29, 0.717) is 6.54 Å². The molecular formula is C10H10N4O2S. The summed E-state index contributed by atoms with van der Waals surface area (Å²) in [5.41, 5.74) is -0.0271. The summed E-state index contributed by atoms with van der Waals surface area (Å²) in [4.78, 5) is 19.5. The summed E-state index contributed by atoms with van der Waals surface area (Å²) in [5.74, 6) is 0.269. The summed E-state index contributed by atoms with van der Waals surface area (Å²) < 4.78 is 0. The fourth-order valence-electron chi connectivity index (χ4n) is 1.32. The molecule has 0 aliphatic carbocycles. The van der Waals surface area contributed by atoms with Gasteiger partial charge in [-0.25, -0.2) is 9.97 Å². The standard InChI is InChI=1S/C10H10N4O2S/c1-7-5-12-9(17-7)6-13-10-8(14(15)16)3-2-4-11-10/h2-5H,6H2,1H3,(H,11,13). The number of nitrogens with zero attached hydrogens (tertiary/aromatic N) is 3. The van der Waals surface area contributed by atoms with Gasteiger partial charge in [0.25, 0.3) is 0 Å². The van der Waals surface area contributed by atoms with E-state index < -0.39 is 4.92 Å². The molecule has 2 heterocycles. The molecule has 0 unspecified atom stereocenters. The van der Waals surface area contributed by atoms with Crippen LogP contribution in [0.15, 0.2) is 24.5 Å². The molecule has 0 bridgehead atoms. The number of rotatable bonds is 4. The van der Waals surface area contributed by atoms with Gasteiger partial charge < -0.3 is 5.32 Å². The quantitative estimate of drug-likeness (QED) is 0.665. The van der Waals surface area contributed by atoms with E-state index in [1.165, 1.54) is 18.3 Å². The van der Waals surface area contributed by atoms with Gasteiger partial charge in [-0.1, -0.05) is 0 Å². The van der Waals surface area contributed by atoms with E-state index in [0.717, 1.165) is 9.88 Å². The van der Waals surface area contributed by atoms with Crippen molar-refractivity contribution in [1.82, 2.24) is 9.97 Å². The van der Waals surface area contributed by atoms with E-state index in [-0.39, 0.29) is 11.5 Å². The lowest BCUT2D eigenvalue weighted by molar-refractivity contribution is -0.384. The third kappa shape index (κ3) is 2.76. The highest BCUT2D eigenvalue weighted by Crippen LogP contribution is 2.21. The predicted octanol–water partition coefficient (Wildman–Crippen LogP) is 2.37. The zero-order chi connectivity index (χ0) is 12.3. The highest BCUT2D eigenvalue weighted by molar-refractivity contribution is 7.11. The topological polar surface area (TPSA) is 81.0 Å². The maximum Gasteiger partial charge on any atom is 0.311 e. The molecule has 2 aromatic heterocycles. The van der Waals surface area contributed by atoms with Crippen molar-refractivity contribution >= 4 is 22.8 Å². The molecule has 17 heavy (non-hydrogen) atoms. The molecule has 0 fully saturated rings. The van der Waals surface area contributed by atoms with Crippen LogP contribution >= 0.6 is 11.3 Å². The Labute approximate surface area is 102 Å². The van der Waals surface area contributed by atoms with Crippen molar-refractivity contribution in [3.05, 3.63) is 44.5 Å². The molecule has 0 spiro atoms. The van der Waals surface area contributed by atoms with Crippen LogP contribution in [-0.2, 0) is 6.54 Å². The zero-order valence-electron chi connectivity index (χ0n) is 9.08. The first-order valence-corrected chi connectivity index (χ1v) is 5.73. The van der Waals surface area contributed by atoms with Gasteiger partial charge >= 0.3 is 5.69 Å². The minimum atomic E-state index is -0.456. The van der Waals surface area contributed by atoms with Crippen molar-refractivity contribution in [2.45, 2.75) is 13.5 Å². The Hall–Kier alpha value is -2.02. The Morgan fingerprint density at radius 2 is 2.35 bits per heavy atom. The summed E-state index contributed by atoms with van der Waals surface area (Å²) in [6, 6.07) is 2.96. The Morgan fingerprint density at radius 1 is 1.53 bits per heavy atom. The van der Waals surface area contributed by atoms with Crippen LogP contribution in [0, 0.1) is 17.0 Å². The monoisotopic (exact) mass is 250 g/mol. The molecule has 88 valence electrons. The number of anilines is 1. The van der Waals surface area contributed by atoms with Crippen molar-refractivity contribution in [3.63, 3.8) is 0 Å². The number of aryl methyl sites for hydroxylation is 1. The van der Waals surface area contributed by atoms with E-state index in [1.807, 2.05) is 6.92 Å². The van der Waals surface area contributed by atoms with Gasteiger partial charge in [-0.3, -0.25) is 10.1 Å². The van der Waals surface area contributed by atoms with Crippen molar-refractivity contribution < 1.29 is 4.92 Å². The lowest BCUT2D eigenvalue weighted by Crippen LogP contribution is -2.03. The minimum absolute atomic E-state index is 0.0271. The smallest absolute Gasteiger partial charge is 0.311 e. The van der Waals surface area contributed by atoms with Crippen molar-refractivity contribution in [1.29, 1.82) is 0 Å². The Bertz CT molecular complexity index is 541. The van der Waals surface area contributed by atoms with Gasteiger partial charge in [0, 0.05) is 23.3 Å². The lowest BCUT2D eigenvalue weighted by atomic mass is 10.4. The van der Waals surface area contributed by atoms with Gasteiger partial charge in [-0.05, 0) is 13.0 Å². The van der Waals surface area contributed by atoms with E-state index in [4.69, 9.17) is 0 Å². The van der Waals surface area contributed by atoms with Gasteiger partial charge in [0.2, 0.25) is 5.82 Å². The number of pyridine rings is 1. The van der Waals surface area contributed by atoms with Crippen LogP contribution < -0.4 is 5.32 Å². The van der Waals surface area contributed by atoms with Gasteiger partial charge in [0.05, 0.1) is 11.5 Å². The molecule has 0 aliphatic heterocycles. The van der Waals surface area contributed by atoms with E-state index >= 15 is 0 Å². The first kappa shape index (κ1) is 11.5. The molecule has 2 aromatic rings. The molecule has 0 saturated carbocycles. The average Bonchev–Trinajstić information content (AvgIpc) is 2.73. The third-order valence-corrected chi connectivity index (χ3v) is 2.97. The fraction of sp³-hybridized carbons (Fsp3) is 0.200. The van der Waals surface area contributed by atoms with Crippen LogP contribution in [0.3, 0.4) is 0 Å². The maximum absolute atomic E-state index is 10.7. The maximum atomic E-state index is 10.7. The summed E-state index contributed by atoms with van der Waals surface area (Å²) in [6.07, 6.45) is 3.29. The molecule has 0 saturated heterocycles. The first-order valence-electron chi connectivity index (χ1n) is 4.91. The molecule has 2 rings (SSSR count). The number of aromatic nitrogens is 2. The summed E-state index contributed by atoms with van der Waals surface area (Å²) in [7, 11) is 0. The Kier molecular flexibility index (Phi) is 3.29. The molecule has 0 amide bonds. The van der Waals surface area contributed by atoms with E-state index in [9.17, 15) is 10.1 Å². The fourth-order valence-corrected chi connectivity index (χ4v) is 2.05. The summed E-state index contributed by atoms with van der Waals surface area (Å²) in [5, 5.41) is 14.5. The van der Waals surface area contributed by atoms with Gasteiger partial charge in [0.1, 0.15) is 5.01 Å². The van der Waals surface area contributed by atoms with Gasteiger partial charge in [-0.2, -0.15) is 0 Å². The van der Waals surface area contributed by atoms with Crippen molar-refractivity contribution in [2.24, 2.45) is 0 Å². The van der Waals surface area contributed by atoms with Crippen molar-refractivity contribution in [2.75, 3.05) is 5.32 Å². The number of thiazole rings is 1. The van der Waals surface area contributed by atoms with Crippen LogP contribution in [0.5, 0.6) is 0 Å². The number of nitrogens with one attached hydrogen (secondary N) is 1. The average molecular weight is 250 g/mol. The van der Waals surface area contributed by atoms with Crippen LogP contribution in [0.1, 0.15) is 9.88 Å². The van der Waals surface area contributed by atoms with Gasteiger partial charge in [-0.15, -0.1) is 11.3 Å². The normalized spacial score (nSPS) is 10.2. The molecule has 6 nitrogen and oxygen atoms in total. The van der Waals surface area contributed by atoms with Crippen LogP contribution in [0.25, 0.3) is 0 Å². The molecule has 1 N–H and O–H groups in total. The second-order valence-corrected chi connectivity index (χ2v) is 4.67. The first-order chi connectivity index (χ1) is 8.16. The molecular weight excluding hydrogens is 240 g/mol. The Balaban J connectivity index is 2.11. The van der Waals surface area contributed by atoms with Crippen LogP contribution in [0.2, 0.25) is 0 Å². The lowest BCUT2D eigenvalue weighted by Gasteiger charge is -2.03. The second kappa shape index (κ2) is 4.88. The van der Waals surface area contributed by atoms with Crippen LogP contribution in [-0.4, -0.2) is 14.9 Å². The third-order valence-electron chi connectivity index (χ3n) is 2.06. The van der Waals surface area contributed by atoms with Crippen LogP contribution in [0.4, 0.5) is 11.5 Å². The molecule has 0 aromatic carbocycles. The van der Waals surface area contributed by atoms with E-state index in [2.05, 4.69) is 15.3 Å². The summed E-state index contributed by atoms with van der Waals surface area (Å²) in [6.45, 7) is 2.40. The predicted molar refractivity (Wildman–Crippen MR) is 65.1 cm³/mol. The molecule has 0 radical (unpaired) electrons. The minimum Gasteiger partial charge on any atom is -0.358 e. The molecule has 0 aliphatic rings. The number of hydrogen-bond acceptors (Lipinski definition) is 6. The van der Waals surface area contributed by atoms with E-state index in [1.54, 1.807) is 17.5 Å². The Morgan fingerprint density at radius 3 is 3.00 bits per heavy atom. The highest BCUT2D eigenvalue weighted by Gasteiger charge is 2.13.